The monoisotopic (exact) mass is 507 g/mol. The lowest BCUT2D eigenvalue weighted by Gasteiger charge is -2.23. The fourth-order valence-electron chi connectivity index (χ4n) is 3.63. The van der Waals surface area contributed by atoms with Crippen LogP contribution in [-0.4, -0.2) is 51.2 Å². The van der Waals surface area contributed by atoms with Crippen molar-refractivity contribution in [3.63, 3.8) is 0 Å². The SMILES string of the molecule is Cc1cnc(NC2CCOCC2)nc1-n1cnc(C(=O)N[C@H](CN)c2cc(F)cc(Cl)c2)c1.S. The number of hydrogen-bond acceptors (Lipinski definition) is 7. The van der Waals surface area contributed by atoms with Crippen LogP contribution in [0.4, 0.5) is 10.3 Å². The van der Waals surface area contributed by atoms with Gasteiger partial charge in [-0.2, -0.15) is 18.5 Å². The second-order valence-electron chi connectivity index (χ2n) is 7.86. The Kier molecular flexibility index (Phi) is 8.84. The minimum atomic E-state index is -0.619. The van der Waals surface area contributed by atoms with E-state index in [0.717, 1.165) is 18.4 Å². The largest absolute Gasteiger partial charge is 0.381 e. The van der Waals surface area contributed by atoms with E-state index in [1.165, 1.54) is 18.5 Å². The number of carbonyl (C=O) groups excluding carboxylic acids is 1. The van der Waals surface area contributed by atoms with Gasteiger partial charge in [-0.25, -0.2) is 14.4 Å². The lowest BCUT2D eigenvalue weighted by molar-refractivity contribution is 0.0903. The number of nitrogens with zero attached hydrogens (tertiary/aromatic N) is 4. The van der Waals surface area contributed by atoms with E-state index in [9.17, 15) is 9.18 Å². The van der Waals surface area contributed by atoms with Crippen LogP contribution in [0.3, 0.4) is 0 Å². The zero-order chi connectivity index (χ0) is 23.4. The van der Waals surface area contributed by atoms with Gasteiger partial charge >= 0.3 is 0 Å². The van der Waals surface area contributed by atoms with Crippen molar-refractivity contribution in [3.8, 4) is 5.82 Å². The molecule has 1 aliphatic rings. The van der Waals surface area contributed by atoms with Gasteiger partial charge in [0, 0.05) is 48.8 Å². The number of carbonyl (C=O) groups is 1. The summed E-state index contributed by atoms with van der Waals surface area (Å²) in [5.41, 5.74) is 7.28. The molecule has 0 bridgehead atoms. The van der Waals surface area contributed by atoms with Crippen molar-refractivity contribution in [3.05, 3.63) is 64.6 Å². The maximum Gasteiger partial charge on any atom is 0.272 e. The molecule has 3 aromatic rings. The average molecular weight is 508 g/mol. The summed E-state index contributed by atoms with van der Waals surface area (Å²) in [6.45, 7) is 3.37. The number of benzene rings is 1. The van der Waals surface area contributed by atoms with Gasteiger partial charge in [0.15, 0.2) is 0 Å². The van der Waals surface area contributed by atoms with E-state index in [4.69, 9.17) is 22.1 Å². The normalized spacial score (nSPS) is 14.8. The van der Waals surface area contributed by atoms with Crippen molar-refractivity contribution < 1.29 is 13.9 Å². The number of nitrogens with one attached hydrogen (secondary N) is 2. The molecule has 0 radical (unpaired) electrons. The maximum absolute atomic E-state index is 13.7. The van der Waals surface area contributed by atoms with E-state index in [1.54, 1.807) is 23.0 Å². The highest BCUT2D eigenvalue weighted by atomic mass is 35.5. The van der Waals surface area contributed by atoms with E-state index >= 15 is 0 Å². The number of ether oxygens (including phenoxy) is 1. The predicted octanol–water partition coefficient (Wildman–Crippen LogP) is 2.90. The zero-order valence-electron chi connectivity index (χ0n) is 18.6. The molecule has 12 heteroatoms. The smallest absolute Gasteiger partial charge is 0.272 e. The van der Waals surface area contributed by atoms with Crippen LogP contribution in [0.15, 0.2) is 36.9 Å². The quantitative estimate of drug-likeness (QED) is 0.449. The molecule has 4 rings (SSSR count). The molecule has 0 spiro atoms. The minimum Gasteiger partial charge on any atom is -0.381 e. The Morgan fingerprint density at radius 3 is 2.79 bits per heavy atom. The van der Waals surface area contributed by atoms with E-state index in [1.807, 2.05) is 6.92 Å². The first-order valence-electron chi connectivity index (χ1n) is 10.6. The molecule has 1 fully saturated rings. The molecule has 4 N–H and O–H groups in total. The van der Waals surface area contributed by atoms with Gasteiger partial charge in [0.2, 0.25) is 5.95 Å². The number of nitrogens with two attached hydrogens (primary N) is 1. The third-order valence-corrected chi connectivity index (χ3v) is 5.61. The molecule has 1 amide bonds. The molecule has 3 heterocycles. The molecule has 0 unspecified atom stereocenters. The highest BCUT2D eigenvalue weighted by molar-refractivity contribution is 7.59. The molecule has 34 heavy (non-hydrogen) atoms. The van der Waals surface area contributed by atoms with Crippen LogP contribution in [-0.2, 0) is 4.74 Å². The summed E-state index contributed by atoms with van der Waals surface area (Å²) in [5.74, 6) is 0.169. The summed E-state index contributed by atoms with van der Waals surface area (Å²) in [6.07, 6.45) is 6.59. The van der Waals surface area contributed by atoms with Crippen molar-refractivity contribution in [1.82, 2.24) is 24.8 Å². The van der Waals surface area contributed by atoms with Gasteiger partial charge in [-0.15, -0.1) is 0 Å². The second kappa shape index (κ2) is 11.6. The van der Waals surface area contributed by atoms with Crippen molar-refractivity contribution >= 4 is 37.0 Å². The van der Waals surface area contributed by atoms with Gasteiger partial charge in [0.05, 0.1) is 6.04 Å². The van der Waals surface area contributed by atoms with E-state index in [0.29, 0.717) is 30.5 Å². The van der Waals surface area contributed by atoms with Crippen LogP contribution in [0, 0.1) is 12.7 Å². The molecule has 9 nitrogen and oxygen atoms in total. The fourth-order valence-corrected chi connectivity index (χ4v) is 3.86. The molecular formula is C22H27ClFN7O2S. The molecule has 2 aromatic heterocycles. The van der Waals surface area contributed by atoms with Gasteiger partial charge in [-0.3, -0.25) is 9.36 Å². The number of anilines is 1. The first-order valence-corrected chi connectivity index (χ1v) is 11.0. The van der Waals surface area contributed by atoms with Crippen LogP contribution in [0.2, 0.25) is 5.02 Å². The molecule has 0 saturated carbocycles. The minimum absolute atomic E-state index is 0. The Hall–Kier alpha value is -2.73. The second-order valence-corrected chi connectivity index (χ2v) is 8.30. The molecule has 182 valence electrons. The Labute approximate surface area is 208 Å². The Morgan fingerprint density at radius 2 is 2.09 bits per heavy atom. The summed E-state index contributed by atoms with van der Waals surface area (Å²) < 4.78 is 20.8. The van der Waals surface area contributed by atoms with Crippen LogP contribution in [0.1, 0.15) is 40.5 Å². The van der Waals surface area contributed by atoms with E-state index in [2.05, 4.69) is 25.6 Å². The lowest BCUT2D eigenvalue weighted by Crippen LogP contribution is -2.33. The molecular weight excluding hydrogens is 481 g/mol. The lowest BCUT2D eigenvalue weighted by atomic mass is 10.1. The summed E-state index contributed by atoms with van der Waals surface area (Å²) in [6, 6.07) is 3.68. The Morgan fingerprint density at radius 1 is 1.32 bits per heavy atom. The molecule has 1 atom stereocenters. The van der Waals surface area contributed by atoms with Crippen LogP contribution < -0.4 is 16.4 Å². The number of aryl methyl sites for hydroxylation is 1. The molecule has 1 saturated heterocycles. The van der Waals surface area contributed by atoms with Crippen LogP contribution in [0.5, 0.6) is 0 Å². The van der Waals surface area contributed by atoms with Crippen LogP contribution in [0.25, 0.3) is 5.82 Å². The maximum atomic E-state index is 13.7. The first kappa shape index (κ1) is 25.9. The number of aromatic nitrogens is 4. The number of imidazole rings is 1. The third-order valence-electron chi connectivity index (χ3n) is 5.39. The fraction of sp³-hybridized carbons (Fsp3) is 0.364. The highest BCUT2D eigenvalue weighted by Crippen LogP contribution is 2.20. The summed E-state index contributed by atoms with van der Waals surface area (Å²) >= 11 is 5.93. The predicted molar refractivity (Wildman–Crippen MR) is 132 cm³/mol. The van der Waals surface area contributed by atoms with Gasteiger partial charge < -0.3 is 21.1 Å². The summed E-state index contributed by atoms with van der Waals surface area (Å²) in [5, 5.41) is 6.34. The van der Waals surface area contributed by atoms with Gasteiger partial charge in [0.1, 0.15) is 23.7 Å². The summed E-state index contributed by atoms with van der Waals surface area (Å²) in [7, 11) is 0. The van der Waals surface area contributed by atoms with Crippen LogP contribution >= 0.6 is 25.1 Å². The summed E-state index contributed by atoms with van der Waals surface area (Å²) in [4.78, 5) is 26.0. The average Bonchev–Trinajstić information content (AvgIpc) is 3.29. The van der Waals surface area contributed by atoms with Crippen molar-refractivity contribution in [2.24, 2.45) is 5.73 Å². The Bertz CT molecular complexity index is 1120. The number of amides is 1. The topological polar surface area (TPSA) is 120 Å². The van der Waals surface area contributed by atoms with Gasteiger partial charge in [0.25, 0.3) is 5.91 Å². The standard InChI is InChI=1S/C22H25ClFN7O2.H2S/c1-13-10-26-22(28-17-2-4-33-5-3-17)30-20(13)31-11-19(27-12-31)21(32)29-18(9-25)14-6-15(23)8-16(24)7-14;/h6-8,10-12,17-18H,2-5,9,25H2,1H3,(H,29,32)(H,26,28,30);1H2/t18-;/m1./s1. The van der Waals surface area contributed by atoms with Gasteiger partial charge in [-0.1, -0.05) is 11.6 Å². The van der Waals surface area contributed by atoms with Crippen molar-refractivity contribution in [2.45, 2.75) is 31.8 Å². The van der Waals surface area contributed by atoms with Crippen molar-refractivity contribution in [2.75, 3.05) is 25.1 Å². The number of hydrogen-bond donors (Lipinski definition) is 3. The first-order chi connectivity index (χ1) is 15.9. The molecule has 1 aliphatic heterocycles. The number of rotatable bonds is 7. The third kappa shape index (κ3) is 6.23. The van der Waals surface area contributed by atoms with Crippen molar-refractivity contribution in [1.29, 1.82) is 0 Å². The molecule has 1 aromatic carbocycles. The zero-order valence-corrected chi connectivity index (χ0v) is 20.3. The van der Waals surface area contributed by atoms with Gasteiger partial charge in [-0.05, 0) is 43.5 Å². The Balaban J connectivity index is 0.00000324. The highest BCUT2D eigenvalue weighted by Gasteiger charge is 2.19. The van der Waals surface area contributed by atoms with E-state index < -0.39 is 17.8 Å². The number of halogens is 2. The van der Waals surface area contributed by atoms with E-state index in [-0.39, 0.29) is 36.8 Å². The molecule has 0 aliphatic carbocycles.